The van der Waals surface area contributed by atoms with E-state index in [-0.39, 0.29) is 31.6 Å². The van der Waals surface area contributed by atoms with E-state index < -0.39 is 19.9 Å². The van der Waals surface area contributed by atoms with Crippen molar-refractivity contribution in [2.24, 2.45) is 0 Å². The molecule has 0 aliphatic heterocycles. The van der Waals surface area contributed by atoms with E-state index in [1.165, 1.54) is 6.07 Å². The van der Waals surface area contributed by atoms with E-state index in [9.17, 15) is 18.5 Å². The number of rotatable bonds is 2. The first-order valence-corrected chi connectivity index (χ1v) is 4.57. The molecule has 0 fully saturated rings. The Kier molecular flexibility index (Phi) is 4.45. The largest absolute Gasteiger partial charge is 2.00 e. The summed E-state index contributed by atoms with van der Waals surface area (Å²) in [6.07, 6.45) is 0. The Bertz CT molecular complexity index is 452. The van der Waals surface area contributed by atoms with Crippen molar-refractivity contribution in [1.82, 2.24) is 0 Å². The normalized spacial score (nSPS) is 10.4. The zero-order valence-electron chi connectivity index (χ0n) is 8.95. The number of nitro groups is 1. The van der Waals surface area contributed by atoms with Crippen molar-refractivity contribution in [1.29, 1.82) is 0 Å². The van der Waals surface area contributed by atoms with Crippen LogP contribution >= 0.6 is 0 Å². The Morgan fingerprint density at radius 1 is 1.43 bits per heavy atom. The van der Waals surface area contributed by atoms with Gasteiger partial charge in [-0.1, -0.05) is 6.07 Å². The van der Waals surface area contributed by atoms with Crippen molar-refractivity contribution < 1.29 is 20.7 Å². The average molecular weight is 229 g/mol. The summed E-state index contributed by atoms with van der Waals surface area (Å²) in [5.41, 5.74) is -0.380. The molecule has 0 saturated heterocycles. The van der Waals surface area contributed by atoms with Crippen LogP contribution in [0, 0.1) is 10.1 Å². The SMILES string of the molecule is O=[N+]([O-])c1cccc(S(=O)(=O)O)c1.[H-].[H-].[Mg+2]. The second-order valence-electron chi connectivity index (χ2n) is 2.23. The molecular weight excluding hydrogens is 222 g/mol. The predicted molar refractivity (Wildman–Crippen MR) is 50.9 cm³/mol. The van der Waals surface area contributed by atoms with Crippen molar-refractivity contribution in [2.45, 2.75) is 4.90 Å². The minimum Gasteiger partial charge on any atom is -1.00 e. The number of nitrogens with zero attached hydrogens (tertiary/aromatic N) is 1. The fraction of sp³-hybridized carbons (Fsp3) is 0. The van der Waals surface area contributed by atoms with Crippen LogP contribution in [0.15, 0.2) is 29.2 Å². The van der Waals surface area contributed by atoms with Gasteiger partial charge in [-0.05, 0) is 6.07 Å². The molecule has 0 aromatic heterocycles. The zero-order chi connectivity index (χ0) is 10.1. The van der Waals surface area contributed by atoms with Gasteiger partial charge in [-0.25, -0.2) is 0 Å². The van der Waals surface area contributed by atoms with Crippen LogP contribution in [0.1, 0.15) is 2.85 Å². The van der Waals surface area contributed by atoms with Crippen molar-refractivity contribution in [3.05, 3.63) is 34.4 Å². The second kappa shape index (κ2) is 4.69. The van der Waals surface area contributed by atoms with Crippen LogP contribution in [-0.2, 0) is 10.1 Å². The predicted octanol–water partition coefficient (Wildman–Crippen LogP) is 0.686. The van der Waals surface area contributed by atoms with Crippen LogP contribution in [0.3, 0.4) is 0 Å². The van der Waals surface area contributed by atoms with E-state index in [1.807, 2.05) is 0 Å². The third-order valence-corrected chi connectivity index (χ3v) is 2.18. The number of nitro benzene ring substituents is 1. The third-order valence-electron chi connectivity index (χ3n) is 1.33. The van der Waals surface area contributed by atoms with Gasteiger partial charge in [0, 0.05) is 12.1 Å². The van der Waals surface area contributed by atoms with Crippen molar-refractivity contribution in [2.75, 3.05) is 0 Å². The fourth-order valence-corrected chi connectivity index (χ4v) is 1.28. The molecule has 1 N–H and O–H groups in total. The summed E-state index contributed by atoms with van der Waals surface area (Å²) in [4.78, 5) is 8.98. The van der Waals surface area contributed by atoms with Gasteiger partial charge in [-0.15, -0.1) is 0 Å². The van der Waals surface area contributed by atoms with Crippen molar-refractivity contribution in [3.8, 4) is 0 Å². The maximum atomic E-state index is 10.5. The van der Waals surface area contributed by atoms with E-state index in [0.29, 0.717) is 0 Å². The molecule has 74 valence electrons. The Morgan fingerprint density at radius 2 is 2.00 bits per heavy atom. The van der Waals surface area contributed by atoms with Crippen LogP contribution in [-0.4, -0.2) is 40.9 Å². The van der Waals surface area contributed by atoms with Gasteiger partial charge >= 0.3 is 23.1 Å². The molecule has 14 heavy (non-hydrogen) atoms. The summed E-state index contributed by atoms with van der Waals surface area (Å²) in [6.45, 7) is 0. The number of hydrogen-bond acceptors (Lipinski definition) is 4. The maximum Gasteiger partial charge on any atom is 2.00 e. The van der Waals surface area contributed by atoms with E-state index >= 15 is 0 Å². The Morgan fingerprint density at radius 3 is 2.43 bits per heavy atom. The van der Waals surface area contributed by atoms with Gasteiger partial charge in [0.2, 0.25) is 0 Å². The molecule has 6 nitrogen and oxygen atoms in total. The van der Waals surface area contributed by atoms with Crippen LogP contribution < -0.4 is 0 Å². The molecule has 0 unspecified atom stereocenters. The molecule has 1 aromatic rings. The molecule has 0 spiro atoms. The number of hydrogen-bond donors (Lipinski definition) is 1. The molecular formula is C6H7MgNO5S. The monoisotopic (exact) mass is 229 g/mol. The summed E-state index contributed by atoms with van der Waals surface area (Å²) in [7, 11) is -4.36. The minimum absolute atomic E-state index is 0. The summed E-state index contributed by atoms with van der Waals surface area (Å²) in [6, 6.07) is 4.17. The standard InChI is InChI=1S/C6H5NO5S.Mg.2H/c8-7(9)5-2-1-3-6(4-5)13(10,11)12;;;/h1-4H,(H,10,11,12);;;/q;+2;2*-1. The number of benzene rings is 1. The smallest absolute Gasteiger partial charge is 1.00 e. The third kappa shape index (κ3) is 3.22. The first-order chi connectivity index (χ1) is 5.91. The van der Waals surface area contributed by atoms with Crippen LogP contribution in [0.4, 0.5) is 5.69 Å². The van der Waals surface area contributed by atoms with Crippen LogP contribution in [0.5, 0.6) is 0 Å². The zero-order valence-corrected chi connectivity index (χ0v) is 9.18. The molecule has 8 heteroatoms. The van der Waals surface area contributed by atoms with E-state index in [4.69, 9.17) is 4.55 Å². The molecule has 0 radical (unpaired) electrons. The van der Waals surface area contributed by atoms with Gasteiger partial charge < -0.3 is 2.85 Å². The van der Waals surface area contributed by atoms with E-state index in [0.717, 1.165) is 18.2 Å². The van der Waals surface area contributed by atoms with Crippen molar-refractivity contribution >= 4 is 38.9 Å². The second-order valence-corrected chi connectivity index (χ2v) is 3.65. The molecule has 0 aliphatic carbocycles. The quantitative estimate of drug-likeness (QED) is 0.348. The van der Waals surface area contributed by atoms with Gasteiger partial charge in [0.1, 0.15) is 4.90 Å². The van der Waals surface area contributed by atoms with Gasteiger partial charge in [-0.2, -0.15) is 8.42 Å². The summed E-state index contributed by atoms with van der Waals surface area (Å²) < 4.78 is 29.6. The van der Waals surface area contributed by atoms with Crippen LogP contribution in [0.25, 0.3) is 0 Å². The minimum atomic E-state index is -4.36. The molecule has 1 rings (SSSR count). The summed E-state index contributed by atoms with van der Waals surface area (Å²) in [5.74, 6) is 0. The van der Waals surface area contributed by atoms with Crippen LogP contribution in [0.2, 0.25) is 0 Å². The topological polar surface area (TPSA) is 97.5 Å². The average Bonchev–Trinajstić information content (AvgIpc) is 2.03. The Balaban J connectivity index is -0.000000563. The first-order valence-electron chi connectivity index (χ1n) is 3.13. The molecule has 1 aromatic carbocycles. The van der Waals surface area contributed by atoms with Gasteiger partial charge in [-0.3, -0.25) is 14.7 Å². The molecule has 0 atom stereocenters. The first kappa shape index (κ1) is 13.3. The molecule has 0 saturated carbocycles. The van der Waals surface area contributed by atoms with Gasteiger partial charge in [0.05, 0.1) is 4.92 Å². The molecule has 0 bridgehead atoms. The summed E-state index contributed by atoms with van der Waals surface area (Å²) in [5, 5.41) is 10.2. The molecule has 0 heterocycles. The molecule has 0 amide bonds. The Hall–Kier alpha value is -0.704. The number of non-ortho nitro benzene ring substituents is 1. The van der Waals surface area contributed by atoms with E-state index in [2.05, 4.69) is 0 Å². The summed E-state index contributed by atoms with van der Waals surface area (Å²) >= 11 is 0. The van der Waals surface area contributed by atoms with Gasteiger partial charge in [0.25, 0.3) is 15.8 Å². The van der Waals surface area contributed by atoms with Crippen molar-refractivity contribution in [3.63, 3.8) is 0 Å². The van der Waals surface area contributed by atoms with E-state index in [1.54, 1.807) is 0 Å². The maximum absolute atomic E-state index is 10.5. The molecule has 0 aliphatic rings. The fourth-order valence-electron chi connectivity index (χ4n) is 0.758. The Labute approximate surface area is 99.0 Å². The van der Waals surface area contributed by atoms with Gasteiger partial charge in [0.15, 0.2) is 0 Å².